The van der Waals surface area contributed by atoms with Gasteiger partial charge < -0.3 is 19.9 Å². The van der Waals surface area contributed by atoms with Crippen LogP contribution < -0.4 is 14.8 Å². The fourth-order valence-electron chi connectivity index (χ4n) is 1.04. The van der Waals surface area contributed by atoms with E-state index in [9.17, 15) is 4.79 Å². The second-order valence-electron chi connectivity index (χ2n) is 3.06. The van der Waals surface area contributed by atoms with E-state index in [1.807, 2.05) is 0 Å². The molecule has 0 aliphatic heterocycles. The topological polar surface area (TPSA) is 106 Å². The van der Waals surface area contributed by atoms with Gasteiger partial charge in [-0.3, -0.25) is 4.79 Å². The third-order valence-electron chi connectivity index (χ3n) is 1.81. The number of carboxylic acids is 1. The van der Waals surface area contributed by atoms with E-state index in [4.69, 9.17) is 14.6 Å². The molecule has 1 rings (SSSR count). The van der Waals surface area contributed by atoms with Gasteiger partial charge in [0, 0.05) is 13.0 Å². The monoisotopic (exact) mass is 242 g/mol. The van der Waals surface area contributed by atoms with Gasteiger partial charge in [-0.25, -0.2) is 0 Å². The molecule has 0 bridgehead atoms. The molecule has 0 atom stereocenters. The Hall–Kier alpha value is -2.12. The van der Waals surface area contributed by atoms with Gasteiger partial charge in [-0.15, -0.1) is 4.98 Å². The van der Waals surface area contributed by atoms with Crippen LogP contribution in [0.25, 0.3) is 0 Å². The fraction of sp³-hybridized carbons (Fsp3) is 0.556. The minimum Gasteiger partial charge on any atom is -0.481 e. The fourth-order valence-corrected chi connectivity index (χ4v) is 1.04. The Balaban J connectivity index is 2.54. The third-order valence-corrected chi connectivity index (χ3v) is 1.81. The van der Waals surface area contributed by atoms with Crippen molar-refractivity contribution in [1.29, 1.82) is 0 Å². The maximum absolute atomic E-state index is 10.3. The van der Waals surface area contributed by atoms with Crippen LogP contribution >= 0.6 is 0 Å². The van der Waals surface area contributed by atoms with Crippen molar-refractivity contribution in [3.63, 3.8) is 0 Å². The molecular formula is C9H14N4O4. The van der Waals surface area contributed by atoms with Gasteiger partial charge in [-0.2, -0.15) is 9.97 Å². The molecule has 0 fully saturated rings. The minimum absolute atomic E-state index is 0.0896. The Morgan fingerprint density at radius 3 is 2.29 bits per heavy atom. The summed E-state index contributed by atoms with van der Waals surface area (Å²) < 4.78 is 9.73. The first-order chi connectivity index (χ1) is 8.15. The van der Waals surface area contributed by atoms with Gasteiger partial charge in [0.2, 0.25) is 5.95 Å². The number of hydrogen-bond acceptors (Lipinski definition) is 7. The van der Waals surface area contributed by atoms with E-state index in [2.05, 4.69) is 20.3 Å². The van der Waals surface area contributed by atoms with Gasteiger partial charge in [0.25, 0.3) is 0 Å². The molecule has 0 amide bonds. The number of nitrogens with zero attached hydrogens (tertiary/aromatic N) is 3. The number of carbonyl (C=O) groups is 1. The molecule has 94 valence electrons. The van der Waals surface area contributed by atoms with E-state index >= 15 is 0 Å². The lowest BCUT2D eigenvalue weighted by Gasteiger charge is -2.06. The molecule has 0 aromatic carbocycles. The van der Waals surface area contributed by atoms with Crippen LogP contribution in [0.3, 0.4) is 0 Å². The van der Waals surface area contributed by atoms with Crippen LogP contribution in [-0.4, -0.2) is 46.8 Å². The number of aliphatic carboxylic acids is 1. The highest BCUT2D eigenvalue weighted by molar-refractivity contribution is 5.66. The van der Waals surface area contributed by atoms with E-state index in [-0.39, 0.29) is 18.4 Å². The lowest BCUT2D eigenvalue weighted by molar-refractivity contribution is -0.137. The van der Waals surface area contributed by atoms with Crippen LogP contribution in [0, 0.1) is 0 Å². The largest absolute Gasteiger partial charge is 0.481 e. The van der Waals surface area contributed by atoms with Gasteiger partial charge >= 0.3 is 18.0 Å². The summed E-state index contributed by atoms with van der Waals surface area (Å²) in [6, 6.07) is 0.273. The number of anilines is 1. The molecule has 0 unspecified atom stereocenters. The van der Waals surface area contributed by atoms with Crippen LogP contribution in [-0.2, 0) is 4.79 Å². The van der Waals surface area contributed by atoms with Gasteiger partial charge in [0.15, 0.2) is 0 Å². The number of rotatable bonds is 7. The average Bonchev–Trinajstić information content (AvgIpc) is 2.34. The van der Waals surface area contributed by atoms with Crippen molar-refractivity contribution < 1.29 is 19.4 Å². The SMILES string of the molecule is COc1nc(NCCCC(=O)O)nc(OC)n1. The molecule has 0 aliphatic carbocycles. The number of aromatic nitrogens is 3. The van der Waals surface area contributed by atoms with E-state index < -0.39 is 5.97 Å². The minimum atomic E-state index is -0.836. The zero-order valence-corrected chi connectivity index (χ0v) is 9.63. The number of nitrogens with one attached hydrogen (secondary N) is 1. The third kappa shape index (κ3) is 4.49. The maximum Gasteiger partial charge on any atom is 0.324 e. The molecule has 0 radical (unpaired) electrons. The molecule has 8 nitrogen and oxygen atoms in total. The van der Waals surface area contributed by atoms with Crippen LogP contribution in [0.15, 0.2) is 0 Å². The predicted molar refractivity (Wildman–Crippen MR) is 58.3 cm³/mol. The highest BCUT2D eigenvalue weighted by Gasteiger charge is 2.06. The lowest BCUT2D eigenvalue weighted by Crippen LogP contribution is -2.09. The highest BCUT2D eigenvalue weighted by Crippen LogP contribution is 2.11. The van der Waals surface area contributed by atoms with Crippen molar-refractivity contribution in [1.82, 2.24) is 15.0 Å². The molecular weight excluding hydrogens is 228 g/mol. The number of carboxylic acid groups (broad SMARTS) is 1. The normalized spacial score (nSPS) is 9.76. The van der Waals surface area contributed by atoms with Gasteiger partial charge in [-0.05, 0) is 6.42 Å². The molecule has 0 saturated carbocycles. The first-order valence-corrected chi connectivity index (χ1v) is 4.95. The van der Waals surface area contributed by atoms with Crippen LogP contribution in [0.2, 0.25) is 0 Å². The zero-order chi connectivity index (χ0) is 12.7. The first-order valence-electron chi connectivity index (χ1n) is 4.95. The molecule has 1 heterocycles. The van der Waals surface area contributed by atoms with Crippen molar-refractivity contribution >= 4 is 11.9 Å². The van der Waals surface area contributed by atoms with Crippen molar-refractivity contribution in [2.45, 2.75) is 12.8 Å². The van der Waals surface area contributed by atoms with E-state index in [0.717, 1.165) is 0 Å². The second kappa shape index (κ2) is 6.46. The Labute approximate surface area is 98.0 Å². The van der Waals surface area contributed by atoms with Gasteiger partial charge in [0.1, 0.15) is 0 Å². The number of ether oxygens (including phenoxy) is 2. The number of methoxy groups -OCH3 is 2. The zero-order valence-electron chi connectivity index (χ0n) is 9.63. The van der Waals surface area contributed by atoms with Crippen molar-refractivity contribution in [2.75, 3.05) is 26.1 Å². The first kappa shape index (κ1) is 12.9. The van der Waals surface area contributed by atoms with Crippen molar-refractivity contribution in [3.8, 4) is 12.0 Å². The van der Waals surface area contributed by atoms with Crippen molar-refractivity contribution in [2.24, 2.45) is 0 Å². The molecule has 17 heavy (non-hydrogen) atoms. The van der Waals surface area contributed by atoms with Gasteiger partial charge in [-0.1, -0.05) is 0 Å². The molecule has 0 aliphatic rings. The molecule has 8 heteroatoms. The van der Waals surface area contributed by atoms with Crippen molar-refractivity contribution in [3.05, 3.63) is 0 Å². The second-order valence-corrected chi connectivity index (χ2v) is 3.06. The quantitative estimate of drug-likeness (QED) is 0.651. The van der Waals surface area contributed by atoms with Crippen LogP contribution in [0.5, 0.6) is 12.0 Å². The van der Waals surface area contributed by atoms with Crippen LogP contribution in [0.4, 0.5) is 5.95 Å². The Kier molecular flexibility index (Phi) is 4.92. The summed E-state index contributed by atoms with van der Waals surface area (Å²) >= 11 is 0. The maximum atomic E-state index is 10.3. The Morgan fingerprint density at radius 1 is 1.24 bits per heavy atom. The molecule has 1 aromatic heterocycles. The predicted octanol–water partition coefficient (Wildman–Crippen LogP) is 0.165. The van der Waals surface area contributed by atoms with Crippen LogP contribution in [0.1, 0.15) is 12.8 Å². The Bertz CT molecular complexity index is 363. The number of hydrogen-bond donors (Lipinski definition) is 2. The summed E-state index contributed by atoms with van der Waals surface area (Å²) in [7, 11) is 2.87. The van der Waals surface area contributed by atoms with E-state index in [1.54, 1.807) is 0 Å². The van der Waals surface area contributed by atoms with Gasteiger partial charge in [0.05, 0.1) is 14.2 Å². The Morgan fingerprint density at radius 2 is 1.82 bits per heavy atom. The average molecular weight is 242 g/mol. The summed E-state index contributed by atoms with van der Waals surface area (Å²) in [5.41, 5.74) is 0. The highest BCUT2D eigenvalue weighted by atomic mass is 16.5. The summed E-state index contributed by atoms with van der Waals surface area (Å²) in [4.78, 5) is 22.0. The standard InChI is InChI=1S/C9H14N4O4/c1-16-8-11-7(12-9(13-8)17-2)10-5-3-4-6(14)15/h3-5H2,1-2H3,(H,14,15)(H,10,11,12,13). The van der Waals surface area contributed by atoms with E-state index in [0.29, 0.717) is 18.9 Å². The summed E-state index contributed by atoms with van der Waals surface area (Å²) in [6.07, 6.45) is 0.567. The molecule has 0 spiro atoms. The summed E-state index contributed by atoms with van der Waals surface area (Å²) in [5, 5.41) is 11.3. The summed E-state index contributed by atoms with van der Waals surface area (Å²) in [6.45, 7) is 0.447. The van der Waals surface area contributed by atoms with E-state index in [1.165, 1.54) is 14.2 Å². The summed E-state index contributed by atoms with van der Waals surface area (Å²) in [5.74, 6) is -0.545. The lowest BCUT2D eigenvalue weighted by atomic mass is 10.3. The molecule has 0 saturated heterocycles. The molecule has 1 aromatic rings. The molecule has 2 N–H and O–H groups in total. The smallest absolute Gasteiger partial charge is 0.324 e.